The summed E-state index contributed by atoms with van der Waals surface area (Å²) in [6.07, 6.45) is 2.26. The summed E-state index contributed by atoms with van der Waals surface area (Å²) < 4.78 is 26.9. The molecule has 0 saturated heterocycles. The second-order valence-electron chi connectivity index (χ2n) is 4.63. The van der Waals surface area contributed by atoms with Crippen LogP contribution in [0, 0.1) is 0 Å². The second-order valence-corrected chi connectivity index (χ2v) is 6.51. The van der Waals surface area contributed by atoms with Gasteiger partial charge in [-0.2, -0.15) is 0 Å². The van der Waals surface area contributed by atoms with Crippen molar-refractivity contribution in [2.24, 2.45) is 7.05 Å². The van der Waals surface area contributed by atoms with Crippen molar-refractivity contribution in [3.05, 3.63) is 18.0 Å². The van der Waals surface area contributed by atoms with Crippen LogP contribution in [0.5, 0.6) is 0 Å². The van der Waals surface area contributed by atoms with Crippen LogP contribution in [0.25, 0.3) is 0 Å². The summed E-state index contributed by atoms with van der Waals surface area (Å²) in [7, 11) is -0.626. The van der Waals surface area contributed by atoms with Crippen LogP contribution in [0.15, 0.2) is 17.2 Å². The number of aromatic nitrogens is 1. The van der Waals surface area contributed by atoms with Crippen molar-refractivity contribution in [2.75, 3.05) is 13.6 Å². The Balaban J connectivity index is 2.70. The first kappa shape index (κ1) is 16.7. The molecule has 0 aliphatic rings. The first-order valence-electron chi connectivity index (χ1n) is 6.34. The summed E-state index contributed by atoms with van der Waals surface area (Å²) in [4.78, 5) is 12.0. The minimum Gasteiger partial charge on any atom is -0.393 e. The van der Waals surface area contributed by atoms with Crippen molar-refractivity contribution in [3.8, 4) is 0 Å². The Hall–Kier alpha value is -1.38. The van der Waals surface area contributed by atoms with E-state index < -0.39 is 16.1 Å². The summed E-state index contributed by atoms with van der Waals surface area (Å²) in [5, 5.41) is 11.8. The van der Waals surface area contributed by atoms with Crippen molar-refractivity contribution in [3.63, 3.8) is 0 Å². The van der Waals surface area contributed by atoms with Crippen LogP contribution in [0.4, 0.5) is 0 Å². The van der Waals surface area contributed by atoms with Gasteiger partial charge in [-0.3, -0.25) is 4.79 Å². The van der Waals surface area contributed by atoms with Gasteiger partial charge in [0.2, 0.25) is 10.0 Å². The fraction of sp³-hybridized carbons (Fsp3) is 0.583. The van der Waals surface area contributed by atoms with Gasteiger partial charge in [-0.1, -0.05) is 0 Å². The van der Waals surface area contributed by atoms with E-state index in [0.29, 0.717) is 19.4 Å². The maximum atomic E-state index is 11.9. The standard InChI is InChI=1S/C12H21N3O4S/c1-9(16)5-4-6-14-12(17)11-7-10(8-15(11)3)20(18,19)13-2/h7-9,13,16H,4-6H2,1-3H3,(H,14,17). The van der Waals surface area contributed by atoms with Gasteiger partial charge >= 0.3 is 0 Å². The van der Waals surface area contributed by atoms with Crippen LogP contribution in [-0.2, 0) is 17.1 Å². The van der Waals surface area contributed by atoms with Gasteiger partial charge in [-0.25, -0.2) is 13.1 Å². The highest BCUT2D eigenvalue weighted by Crippen LogP contribution is 2.13. The number of aliphatic hydroxyl groups is 1. The van der Waals surface area contributed by atoms with E-state index in [1.807, 2.05) is 0 Å². The van der Waals surface area contributed by atoms with Gasteiger partial charge in [-0.15, -0.1) is 0 Å². The molecule has 20 heavy (non-hydrogen) atoms. The molecule has 114 valence electrons. The third kappa shape index (κ3) is 4.32. The number of aliphatic hydroxyl groups excluding tert-OH is 1. The molecular weight excluding hydrogens is 282 g/mol. The predicted octanol–water partition coefficient (Wildman–Crippen LogP) is -0.176. The number of carbonyl (C=O) groups excluding carboxylic acids is 1. The number of nitrogens with one attached hydrogen (secondary N) is 2. The maximum Gasteiger partial charge on any atom is 0.267 e. The molecule has 1 amide bonds. The van der Waals surface area contributed by atoms with Crippen LogP contribution in [0.3, 0.4) is 0 Å². The lowest BCUT2D eigenvalue weighted by Gasteiger charge is -2.06. The Kier molecular flexibility index (Phi) is 5.73. The lowest BCUT2D eigenvalue weighted by atomic mass is 10.2. The number of rotatable bonds is 7. The van der Waals surface area contributed by atoms with Gasteiger partial charge in [0.05, 0.1) is 6.10 Å². The average molecular weight is 303 g/mol. The number of aryl methyl sites for hydroxylation is 1. The van der Waals surface area contributed by atoms with Crippen LogP contribution in [0.2, 0.25) is 0 Å². The Morgan fingerprint density at radius 3 is 2.70 bits per heavy atom. The number of hydrogen-bond acceptors (Lipinski definition) is 4. The number of carbonyl (C=O) groups is 1. The zero-order valence-corrected chi connectivity index (χ0v) is 12.7. The van der Waals surface area contributed by atoms with Gasteiger partial charge < -0.3 is 15.0 Å². The van der Waals surface area contributed by atoms with Crippen molar-refractivity contribution < 1.29 is 18.3 Å². The fourth-order valence-electron chi connectivity index (χ4n) is 1.71. The zero-order chi connectivity index (χ0) is 15.3. The molecule has 0 aliphatic carbocycles. The minimum atomic E-state index is -3.55. The molecule has 0 aromatic carbocycles. The van der Waals surface area contributed by atoms with Crippen molar-refractivity contribution >= 4 is 15.9 Å². The third-order valence-electron chi connectivity index (χ3n) is 2.88. The van der Waals surface area contributed by atoms with E-state index in [0.717, 1.165) is 0 Å². The zero-order valence-electron chi connectivity index (χ0n) is 11.9. The molecule has 0 radical (unpaired) electrons. The molecule has 1 atom stereocenters. The van der Waals surface area contributed by atoms with Gasteiger partial charge in [0.15, 0.2) is 0 Å². The molecule has 0 spiro atoms. The van der Waals surface area contributed by atoms with Gasteiger partial charge in [0, 0.05) is 19.8 Å². The van der Waals surface area contributed by atoms with Crippen LogP contribution in [0.1, 0.15) is 30.3 Å². The Bertz CT molecular complexity index is 563. The third-order valence-corrected chi connectivity index (χ3v) is 4.26. The molecule has 3 N–H and O–H groups in total. The SMILES string of the molecule is CNS(=O)(=O)c1cc(C(=O)NCCCC(C)O)n(C)c1. The lowest BCUT2D eigenvalue weighted by Crippen LogP contribution is -2.26. The first-order valence-corrected chi connectivity index (χ1v) is 7.82. The summed E-state index contributed by atoms with van der Waals surface area (Å²) in [5.41, 5.74) is 0.274. The molecule has 0 fully saturated rings. The highest BCUT2D eigenvalue weighted by atomic mass is 32.2. The number of amides is 1. The van der Waals surface area contributed by atoms with Crippen molar-refractivity contribution in [1.29, 1.82) is 0 Å². The average Bonchev–Trinajstić information content (AvgIpc) is 2.77. The summed E-state index contributed by atoms with van der Waals surface area (Å²) >= 11 is 0. The van der Waals surface area contributed by atoms with Gasteiger partial charge in [-0.05, 0) is 32.9 Å². The molecule has 1 aromatic heterocycles. The van der Waals surface area contributed by atoms with E-state index in [4.69, 9.17) is 5.11 Å². The predicted molar refractivity (Wildman–Crippen MR) is 74.9 cm³/mol. The quantitative estimate of drug-likeness (QED) is 0.609. The van der Waals surface area contributed by atoms with Crippen LogP contribution >= 0.6 is 0 Å². The Morgan fingerprint density at radius 2 is 2.15 bits per heavy atom. The van der Waals surface area contributed by atoms with E-state index in [-0.39, 0.29) is 16.5 Å². The maximum absolute atomic E-state index is 11.9. The molecule has 0 aliphatic heterocycles. The normalized spacial score (nSPS) is 13.2. The molecule has 0 saturated carbocycles. The largest absolute Gasteiger partial charge is 0.393 e. The molecule has 8 heteroatoms. The Morgan fingerprint density at radius 1 is 1.50 bits per heavy atom. The number of nitrogens with zero attached hydrogens (tertiary/aromatic N) is 1. The first-order chi connectivity index (χ1) is 9.27. The minimum absolute atomic E-state index is 0.0524. The molecule has 1 rings (SSSR count). The van der Waals surface area contributed by atoms with E-state index in [9.17, 15) is 13.2 Å². The number of hydrogen-bond donors (Lipinski definition) is 3. The van der Waals surface area contributed by atoms with Crippen LogP contribution < -0.4 is 10.0 Å². The summed E-state index contributed by atoms with van der Waals surface area (Å²) in [5.74, 6) is -0.337. The highest BCUT2D eigenvalue weighted by Gasteiger charge is 2.18. The van der Waals surface area contributed by atoms with E-state index >= 15 is 0 Å². The van der Waals surface area contributed by atoms with Crippen LogP contribution in [-0.4, -0.2) is 43.7 Å². The molecule has 0 bridgehead atoms. The van der Waals surface area contributed by atoms with Gasteiger partial charge in [0.25, 0.3) is 5.91 Å². The molecule has 7 nitrogen and oxygen atoms in total. The molecule has 1 aromatic rings. The molecule has 1 heterocycles. The molecule has 1 unspecified atom stereocenters. The van der Waals surface area contributed by atoms with Crippen molar-refractivity contribution in [2.45, 2.75) is 30.8 Å². The fourth-order valence-corrected chi connectivity index (χ4v) is 2.51. The van der Waals surface area contributed by atoms with E-state index in [1.165, 1.54) is 23.9 Å². The monoisotopic (exact) mass is 303 g/mol. The summed E-state index contributed by atoms with van der Waals surface area (Å²) in [6, 6.07) is 1.33. The van der Waals surface area contributed by atoms with Crippen molar-refractivity contribution in [1.82, 2.24) is 14.6 Å². The number of sulfonamides is 1. The highest BCUT2D eigenvalue weighted by molar-refractivity contribution is 7.89. The van der Waals surface area contributed by atoms with E-state index in [2.05, 4.69) is 10.0 Å². The molecular formula is C12H21N3O4S. The Labute approximate surface area is 119 Å². The second kappa shape index (κ2) is 6.87. The lowest BCUT2D eigenvalue weighted by molar-refractivity contribution is 0.0941. The van der Waals surface area contributed by atoms with Gasteiger partial charge in [0.1, 0.15) is 10.6 Å². The summed E-state index contributed by atoms with van der Waals surface area (Å²) in [6.45, 7) is 2.12. The van der Waals surface area contributed by atoms with E-state index in [1.54, 1.807) is 14.0 Å². The topological polar surface area (TPSA) is 100 Å². The smallest absolute Gasteiger partial charge is 0.267 e.